The number of guanidine groups is 1. The Morgan fingerprint density at radius 1 is 0.520 bits per heavy atom. The molecule has 21 N–H and O–H groups in total. The lowest BCUT2D eigenvalue weighted by molar-refractivity contribution is -0.151. The summed E-state index contributed by atoms with van der Waals surface area (Å²) < 4.78 is 0. The van der Waals surface area contributed by atoms with Crippen LogP contribution in [0.15, 0.2) is 59.6 Å². The van der Waals surface area contributed by atoms with Crippen LogP contribution >= 0.6 is 12.6 Å². The number of aliphatic hydroxyl groups excluding tert-OH is 2. The maximum Gasteiger partial charge on any atom is 0.326 e. The fourth-order valence-corrected chi connectivity index (χ4v) is 11.6. The van der Waals surface area contributed by atoms with E-state index in [1.807, 2.05) is 0 Å². The van der Waals surface area contributed by atoms with Crippen LogP contribution in [-0.2, 0) is 84.8 Å². The normalized spacial score (nSPS) is 18.4. The van der Waals surface area contributed by atoms with E-state index in [0.717, 1.165) is 0 Å². The van der Waals surface area contributed by atoms with Crippen molar-refractivity contribution in [2.24, 2.45) is 22.2 Å². The highest BCUT2D eigenvalue weighted by Crippen LogP contribution is 2.26. The molecule has 14 amide bonds. The van der Waals surface area contributed by atoms with Crippen molar-refractivity contribution >= 4 is 107 Å². The number of carboxylic acids is 1. The number of likely N-dealkylation sites (tertiary alicyclic amines) is 3. The van der Waals surface area contributed by atoms with Gasteiger partial charge in [0.15, 0.2) is 5.96 Å². The number of nitrogens with zero attached hydrogens (tertiary/aromatic N) is 4. The number of amides is 14. The third-order valence-electron chi connectivity index (χ3n) is 17.0. The number of hydrogen-bond donors (Lipinski definition) is 19. The summed E-state index contributed by atoms with van der Waals surface area (Å²) in [5, 5.41) is 66.1. The van der Waals surface area contributed by atoms with Crippen LogP contribution in [0.4, 0.5) is 0 Å². The smallest absolute Gasteiger partial charge is 0.326 e. The van der Waals surface area contributed by atoms with Crippen LogP contribution in [0, 0.1) is 0 Å². The molecule has 0 radical (unpaired) electrons. The molecule has 2 aromatic rings. The Bertz CT molecular complexity index is 3360. The topological polar surface area (TPSA) is 569 Å². The summed E-state index contributed by atoms with van der Waals surface area (Å²) >= 11 is 4.22. The number of carbonyl (C=O) groups is 15. The van der Waals surface area contributed by atoms with E-state index in [-0.39, 0.29) is 82.2 Å². The van der Waals surface area contributed by atoms with Crippen molar-refractivity contribution in [2.75, 3.05) is 58.1 Å². The molecule has 0 bridgehead atoms. The SMILES string of the molecule is C[C@H](NC(=O)CNC(=O)[C@H](C)NC(=O)[C@@H](NC(=O)CNC(=O)[C@@H](N)[C@@H](C)O)[C@@H](C)O)C(=O)N[C@@H](CS)C(=O)N[C@@H](CCCN=C(N)N)C(=O)N[C@@H](Cc1ccc(O)cc1)C(=O)NCC(=O)N1CCC[C@H]1C(=O)N[C@@H](Cc1ccccc1)C(=O)NCC(=O)N1CCC[C@H]1C(=O)N1CCC[C@H]1C(=O)O. The van der Waals surface area contributed by atoms with Crippen molar-refractivity contribution in [1.29, 1.82) is 0 Å². The number of aromatic hydroxyl groups is 1. The van der Waals surface area contributed by atoms with E-state index in [4.69, 9.17) is 17.2 Å². The molecular formula is C64H94N18O19S. The van der Waals surface area contributed by atoms with E-state index in [2.05, 4.69) is 76.1 Å². The quantitative estimate of drug-likeness (QED) is 0.0129. The van der Waals surface area contributed by atoms with Crippen molar-refractivity contribution in [3.63, 3.8) is 0 Å². The minimum absolute atomic E-state index is 0.0324. The number of nitrogens with two attached hydrogens (primary N) is 3. The molecule has 560 valence electrons. The number of phenolic OH excluding ortho intramolecular Hbond substituents is 1. The van der Waals surface area contributed by atoms with Crippen LogP contribution in [0.5, 0.6) is 5.75 Å². The minimum Gasteiger partial charge on any atom is -0.508 e. The van der Waals surface area contributed by atoms with Gasteiger partial charge in [-0.1, -0.05) is 42.5 Å². The van der Waals surface area contributed by atoms with Gasteiger partial charge in [0.2, 0.25) is 82.7 Å². The van der Waals surface area contributed by atoms with Gasteiger partial charge in [-0.05, 0) is 102 Å². The van der Waals surface area contributed by atoms with Crippen LogP contribution in [-0.4, -0.2) is 267 Å². The highest BCUT2D eigenvalue weighted by Gasteiger charge is 2.43. The second-order valence-electron chi connectivity index (χ2n) is 24.9. The molecule has 102 heavy (non-hydrogen) atoms. The monoisotopic (exact) mass is 1450 g/mol. The predicted octanol–water partition coefficient (Wildman–Crippen LogP) is -7.79. The Kier molecular flexibility index (Phi) is 32.6. The van der Waals surface area contributed by atoms with Crippen molar-refractivity contribution < 1.29 is 92.3 Å². The lowest BCUT2D eigenvalue weighted by Gasteiger charge is -2.30. The third kappa shape index (κ3) is 25.4. The van der Waals surface area contributed by atoms with Crippen molar-refractivity contribution in [3.8, 4) is 5.75 Å². The predicted molar refractivity (Wildman–Crippen MR) is 366 cm³/mol. The molecule has 0 aromatic heterocycles. The van der Waals surface area contributed by atoms with Gasteiger partial charge in [0.1, 0.15) is 72.2 Å². The number of aliphatic carboxylic acids is 1. The van der Waals surface area contributed by atoms with Gasteiger partial charge >= 0.3 is 5.97 Å². The molecule has 0 saturated carbocycles. The molecule has 0 spiro atoms. The molecule has 0 unspecified atom stereocenters. The molecule has 13 atom stereocenters. The number of nitrogens with one attached hydrogen (secondary N) is 11. The summed E-state index contributed by atoms with van der Waals surface area (Å²) in [4.78, 5) is 208. The zero-order valence-corrected chi connectivity index (χ0v) is 57.9. The fraction of sp³-hybridized carbons (Fsp3) is 0.562. The average molecular weight is 1450 g/mol. The lowest BCUT2D eigenvalue weighted by Crippen LogP contribution is -2.59. The fourth-order valence-electron chi connectivity index (χ4n) is 11.3. The van der Waals surface area contributed by atoms with Gasteiger partial charge in [-0.25, -0.2) is 4.79 Å². The van der Waals surface area contributed by atoms with Gasteiger partial charge in [-0.15, -0.1) is 0 Å². The van der Waals surface area contributed by atoms with Gasteiger partial charge in [0.05, 0.1) is 38.4 Å². The average Bonchev–Trinajstić information content (AvgIpc) is 1.65. The van der Waals surface area contributed by atoms with Gasteiger partial charge in [-0.3, -0.25) is 72.1 Å². The Balaban J connectivity index is 1.19. The second-order valence-corrected chi connectivity index (χ2v) is 25.3. The van der Waals surface area contributed by atoms with Gasteiger partial charge in [0, 0.05) is 44.8 Å². The number of carbonyl (C=O) groups excluding carboxylic acids is 14. The molecule has 3 aliphatic heterocycles. The Morgan fingerprint density at radius 2 is 1.00 bits per heavy atom. The molecule has 38 heteroatoms. The van der Waals surface area contributed by atoms with Crippen LogP contribution in [0.1, 0.15) is 90.2 Å². The van der Waals surface area contributed by atoms with Crippen LogP contribution in [0.2, 0.25) is 0 Å². The van der Waals surface area contributed by atoms with Gasteiger partial charge in [0.25, 0.3) is 0 Å². The Labute approximate surface area is 592 Å². The molecule has 37 nitrogen and oxygen atoms in total. The highest BCUT2D eigenvalue weighted by molar-refractivity contribution is 7.80. The van der Waals surface area contributed by atoms with Crippen molar-refractivity contribution in [3.05, 3.63) is 65.7 Å². The maximum absolute atomic E-state index is 14.4. The number of carboxylic acid groups (broad SMARTS) is 1. The summed E-state index contributed by atoms with van der Waals surface area (Å²) in [5.74, 6) is -13.6. The van der Waals surface area contributed by atoms with Crippen LogP contribution < -0.4 is 75.7 Å². The van der Waals surface area contributed by atoms with Crippen LogP contribution in [0.25, 0.3) is 0 Å². The van der Waals surface area contributed by atoms with Crippen molar-refractivity contribution in [1.82, 2.24) is 73.2 Å². The minimum atomic E-state index is -1.62. The molecule has 3 heterocycles. The number of hydrogen-bond acceptors (Lipinski definition) is 21. The Morgan fingerprint density at radius 3 is 1.56 bits per heavy atom. The number of phenols is 1. The van der Waals surface area contributed by atoms with Gasteiger partial charge in [-0.2, -0.15) is 12.6 Å². The molecule has 2 aromatic carbocycles. The van der Waals surface area contributed by atoms with E-state index in [1.54, 1.807) is 30.3 Å². The summed E-state index contributed by atoms with van der Waals surface area (Å²) in [6.45, 7) is 2.68. The maximum atomic E-state index is 14.4. The first-order valence-corrected chi connectivity index (χ1v) is 33.9. The molecule has 3 aliphatic rings. The summed E-state index contributed by atoms with van der Waals surface area (Å²) in [7, 11) is 0. The first-order chi connectivity index (χ1) is 48.3. The highest BCUT2D eigenvalue weighted by atomic mass is 32.1. The molecular weight excluding hydrogens is 1360 g/mol. The zero-order valence-electron chi connectivity index (χ0n) is 57.0. The molecule has 3 saturated heterocycles. The standard InChI is InChI=1S/C64H94N18O19S/c1-33(74-61(98)52(36(4)84)79-48(87)29-70-60(97)51(65)35(3)83)53(90)69-28-47(86)73-34(2)54(91)78-43(32-102)58(95)75-40(14-8-22-68-64(66)67)57(94)76-41(27-38-18-20-39(85)21-19-38)55(92)71-30-49(88)80-23-9-15-44(80)59(96)77-42(26-37-12-6-5-7-13-37)56(93)72-31-50(89)81-24-10-16-45(81)62(99)82-25-11-17-46(82)63(100)101/h5-7,12-13,18-21,33-36,40-46,51-52,83-85,102H,8-11,14-17,22-32,65H2,1-4H3,(H,69,90)(H,70,97)(H,71,92)(H,72,93)(H,73,86)(H,74,98)(H,75,95)(H,76,94)(H,77,96)(H,78,91)(H,79,87)(H,100,101)(H4,66,67,68)/t33-,34-,35+,36+,40-,41-,42-,43-,44-,45-,46-,51-,52-/m0/s1. The lowest BCUT2D eigenvalue weighted by atomic mass is 10.0. The Hall–Kier alpha value is -10.2. The first kappa shape index (κ1) is 82.5. The number of aliphatic imine (C=N–C) groups is 1. The van der Waals surface area contributed by atoms with E-state index in [1.165, 1.54) is 66.7 Å². The van der Waals surface area contributed by atoms with E-state index in [0.29, 0.717) is 36.8 Å². The number of benzene rings is 2. The zero-order chi connectivity index (χ0) is 75.5. The van der Waals surface area contributed by atoms with E-state index in [9.17, 15) is 92.3 Å². The van der Waals surface area contributed by atoms with Crippen LogP contribution in [0.3, 0.4) is 0 Å². The van der Waals surface area contributed by atoms with Gasteiger partial charge < -0.3 is 111 Å². The molecule has 5 rings (SSSR count). The van der Waals surface area contributed by atoms with E-state index >= 15 is 0 Å². The largest absolute Gasteiger partial charge is 0.508 e. The molecule has 0 aliphatic carbocycles. The number of thiol groups is 1. The van der Waals surface area contributed by atoms with Crippen molar-refractivity contribution in [2.45, 2.75) is 171 Å². The number of rotatable bonds is 37. The van der Waals surface area contributed by atoms with E-state index < -0.39 is 194 Å². The number of aliphatic hydroxyl groups is 2. The second kappa shape index (κ2) is 40.3. The molecule has 3 fully saturated rings. The first-order valence-electron chi connectivity index (χ1n) is 33.2. The summed E-state index contributed by atoms with van der Waals surface area (Å²) in [5.41, 5.74) is 17.6. The summed E-state index contributed by atoms with van der Waals surface area (Å²) in [6.07, 6.45) is -1.06. The summed E-state index contributed by atoms with van der Waals surface area (Å²) in [6, 6.07) is -0.236. The third-order valence-corrected chi connectivity index (χ3v) is 17.3.